The zero-order chi connectivity index (χ0) is 15.5. The third-order valence-electron chi connectivity index (χ3n) is 4.05. The Bertz CT molecular complexity index is 763. The number of benzene rings is 1. The summed E-state index contributed by atoms with van der Waals surface area (Å²) in [6.07, 6.45) is 5.80. The molecule has 0 bridgehead atoms. The number of likely N-dealkylation sites (tertiary alicyclic amines) is 1. The molecule has 1 aliphatic rings. The van der Waals surface area contributed by atoms with E-state index in [4.69, 9.17) is 4.52 Å². The summed E-state index contributed by atoms with van der Waals surface area (Å²) in [5.41, 5.74) is 2.88. The van der Waals surface area contributed by atoms with Crippen LogP contribution in [0.1, 0.15) is 18.7 Å². The van der Waals surface area contributed by atoms with Crippen LogP contribution in [0.3, 0.4) is 0 Å². The zero-order valence-electron chi connectivity index (χ0n) is 12.7. The number of nitrogens with zero attached hydrogens (tertiary/aromatic N) is 5. The first-order valence-corrected chi connectivity index (χ1v) is 7.80. The molecule has 0 spiro atoms. The van der Waals surface area contributed by atoms with Gasteiger partial charge < -0.3 is 4.52 Å². The molecule has 3 aromatic rings. The lowest BCUT2D eigenvalue weighted by molar-refractivity contribution is 0.268. The summed E-state index contributed by atoms with van der Waals surface area (Å²) in [6, 6.07) is 9.88. The first kappa shape index (κ1) is 14.0. The number of rotatable bonds is 4. The molecular formula is C17H17N5O. The molecule has 0 amide bonds. The van der Waals surface area contributed by atoms with Gasteiger partial charge in [0.25, 0.3) is 0 Å². The van der Waals surface area contributed by atoms with Crippen molar-refractivity contribution in [1.29, 1.82) is 0 Å². The first-order valence-electron chi connectivity index (χ1n) is 7.80. The van der Waals surface area contributed by atoms with E-state index in [0.717, 1.165) is 36.5 Å². The minimum Gasteiger partial charge on any atom is -0.338 e. The Balaban J connectivity index is 1.51. The van der Waals surface area contributed by atoms with Crippen molar-refractivity contribution >= 4 is 0 Å². The predicted molar refractivity (Wildman–Crippen MR) is 85.3 cm³/mol. The number of hydrogen-bond acceptors (Lipinski definition) is 6. The van der Waals surface area contributed by atoms with Gasteiger partial charge in [-0.1, -0.05) is 29.4 Å². The molecule has 0 unspecified atom stereocenters. The normalized spacial score (nSPS) is 15.1. The molecule has 3 heterocycles. The Morgan fingerprint density at radius 2 is 1.78 bits per heavy atom. The SMILES string of the molecule is c1cc(-c2ccc(-c3noc(CN4CCCC4)n3)cc2)ncn1. The molecule has 0 aliphatic carbocycles. The van der Waals surface area contributed by atoms with Gasteiger partial charge in [0.15, 0.2) is 0 Å². The molecular weight excluding hydrogens is 290 g/mol. The molecule has 0 atom stereocenters. The van der Waals surface area contributed by atoms with Gasteiger partial charge in [-0.2, -0.15) is 4.98 Å². The van der Waals surface area contributed by atoms with Crippen molar-refractivity contribution in [2.75, 3.05) is 13.1 Å². The van der Waals surface area contributed by atoms with Crippen molar-refractivity contribution < 1.29 is 4.52 Å². The van der Waals surface area contributed by atoms with E-state index < -0.39 is 0 Å². The molecule has 0 saturated carbocycles. The van der Waals surface area contributed by atoms with Crippen molar-refractivity contribution in [3.8, 4) is 22.6 Å². The quantitative estimate of drug-likeness (QED) is 0.738. The largest absolute Gasteiger partial charge is 0.338 e. The molecule has 116 valence electrons. The van der Waals surface area contributed by atoms with Crippen LogP contribution in [0.4, 0.5) is 0 Å². The topological polar surface area (TPSA) is 67.9 Å². The summed E-state index contributed by atoms with van der Waals surface area (Å²) in [7, 11) is 0. The number of aromatic nitrogens is 4. The van der Waals surface area contributed by atoms with Crippen LogP contribution in [-0.4, -0.2) is 38.1 Å². The fourth-order valence-corrected chi connectivity index (χ4v) is 2.82. The van der Waals surface area contributed by atoms with E-state index in [1.54, 1.807) is 12.5 Å². The second kappa shape index (κ2) is 6.26. The summed E-state index contributed by atoms with van der Waals surface area (Å²) in [4.78, 5) is 15.0. The summed E-state index contributed by atoms with van der Waals surface area (Å²) in [6.45, 7) is 2.97. The highest BCUT2D eigenvalue weighted by molar-refractivity contribution is 5.64. The molecule has 0 N–H and O–H groups in total. The second-order valence-corrected chi connectivity index (χ2v) is 5.67. The van der Waals surface area contributed by atoms with Gasteiger partial charge in [-0.15, -0.1) is 0 Å². The fourth-order valence-electron chi connectivity index (χ4n) is 2.82. The van der Waals surface area contributed by atoms with Crippen molar-refractivity contribution in [2.24, 2.45) is 0 Å². The van der Waals surface area contributed by atoms with Crippen LogP contribution in [0, 0.1) is 0 Å². The van der Waals surface area contributed by atoms with Gasteiger partial charge in [0.2, 0.25) is 11.7 Å². The Kier molecular flexibility index (Phi) is 3.81. The van der Waals surface area contributed by atoms with E-state index in [0.29, 0.717) is 11.7 Å². The molecule has 23 heavy (non-hydrogen) atoms. The minimum absolute atomic E-state index is 0.633. The van der Waals surface area contributed by atoms with Crippen LogP contribution in [-0.2, 0) is 6.54 Å². The van der Waals surface area contributed by atoms with Gasteiger partial charge in [0.1, 0.15) is 6.33 Å². The van der Waals surface area contributed by atoms with E-state index in [1.807, 2.05) is 30.3 Å². The lowest BCUT2D eigenvalue weighted by Crippen LogP contribution is -2.18. The van der Waals surface area contributed by atoms with E-state index in [2.05, 4.69) is 25.0 Å². The third-order valence-corrected chi connectivity index (χ3v) is 4.05. The van der Waals surface area contributed by atoms with Gasteiger partial charge in [-0.05, 0) is 32.0 Å². The van der Waals surface area contributed by atoms with Crippen molar-refractivity contribution in [2.45, 2.75) is 19.4 Å². The maximum atomic E-state index is 5.37. The van der Waals surface area contributed by atoms with Gasteiger partial charge in [0, 0.05) is 17.3 Å². The molecule has 4 rings (SSSR count). The predicted octanol–water partition coefficient (Wildman–Crippen LogP) is 2.79. The Morgan fingerprint density at radius 1 is 1.00 bits per heavy atom. The average molecular weight is 307 g/mol. The molecule has 1 fully saturated rings. The average Bonchev–Trinajstić information content (AvgIpc) is 3.28. The summed E-state index contributed by atoms with van der Waals surface area (Å²) >= 11 is 0. The van der Waals surface area contributed by atoms with Gasteiger partial charge in [0.05, 0.1) is 12.2 Å². The van der Waals surface area contributed by atoms with E-state index in [9.17, 15) is 0 Å². The lowest BCUT2D eigenvalue weighted by Gasteiger charge is -2.09. The first-order chi connectivity index (χ1) is 11.4. The maximum absolute atomic E-state index is 5.37. The fraction of sp³-hybridized carbons (Fsp3) is 0.294. The monoisotopic (exact) mass is 307 g/mol. The highest BCUT2D eigenvalue weighted by Gasteiger charge is 2.16. The van der Waals surface area contributed by atoms with Gasteiger partial charge >= 0.3 is 0 Å². The molecule has 2 aromatic heterocycles. The smallest absolute Gasteiger partial charge is 0.241 e. The van der Waals surface area contributed by atoms with Gasteiger partial charge in [-0.3, -0.25) is 4.90 Å². The van der Waals surface area contributed by atoms with E-state index in [1.165, 1.54) is 12.8 Å². The summed E-state index contributed by atoms with van der Waals surface area (Å²) < 4.78 is 5.37. The molecule has 1 aliphatic heterocycles. The van der Waals surface area contributed by atoms with E-state index in [-0.39, 0.29) is 0 Å². The van der Waals surface area contributed by atoms with Gasteiger partial charge in [-0.25, -0.2) is 9.97 Å². The molecule has 6 nitrogen and oxygen atoms in total. The Labute approximate surface area is 134 Å². The van der Waals surface area contributed by atoms with Crippen LogP contribution in [0.25, 0.3) is 22.6 Å². The second-order valence-electron chi connectivity index (χ2n) is 5.67. The molecule has 0 radical (unpaired) electrons. The van der Waals surface area contributed by atoms with Crippen molar-refractivity contribution in [3.05, 3.63) is 48.7 Å². The Hall–Kier alpha value is -2.60. The minimum atomic E-state index is 0.633. The summed E-state index contributed by atoms with van der Waals surface area (Å²) in [5.74, 6) is 1.32. The van der Waals surface area contributed by atoms with Crippen LogP contribution >= 0.6 is 0 Å². The lowest BCUT2D eigenvalue weighted by atomic mass is 10.1. The Morgan fingerprint density at radius 3 is 2.52 bits per heavy atom. The van der Waals surface area contributed by atoms with Crippen molar-refractivity contribution in [3.63, 3.8) is 0 Å². The van der Waals surface area contributed by atoms with Crippen LogP contribution < -0.4 is 0 Å². The maximum Gasteiger partial charge on any atom is 0.241 e. The third kappa shape index (κ3) is 3.12. The molecule has 6 heteroatoms. The summed E-state index contributed by atoms with van der Waals surface area (Å²) in [5, 5.41) is 4.09. The molecule has 1 aromatic carbocycles. The van der Waals surface area contributed by atoms with E-state index >= 15 is 0 Å². The van der Waals surface area contributed by atoms with Crippen molar-refractivity contribution in [1.82, 2.24) is 25.0 Å². The van der Waals surface area contributed by atoms with Crippen LogP contribution in [0.5, 0.6) is 0 Å². The zero-order valence-corrected chi connectivity index (χ0v) is 12.7. The van der Waals surface area contributed by atoms with Crippen LogP contribution in [0.2, 0.25) is 0 Å². The standard InChI is InChI=1S/C17H17N5O/c1-2-10-22(9-1)11-16-20-17(21-23-16)14-5-3-13(4-6-14)15-7-8-18-12-19-15/h3-8,12H,1-2,9-11H2. The highest BCUT2D eigenvalue weighted by Crippen LogP contribution is 2.22. The molecule has 1 saturated heterocycles. The highest BCUT2D eigenvalue weighted by atomic mass is 16.5. The van der Waals surface area contributed by atoms with Crippen LogP contribution in [0.15, 0.2) is 47.4 Å². The number of hydrogen-bond donors (Lipinski definition) is 0.